The van der Waals surface area contributed by atoms with E-state index in [1.807, 2.05) is 66.2 Å². The third-order valence-corrected chi connectivity index (χ3v) is 6.07. The average molecular weight is 464 g/mol. The molecule has 0 fully saturated rings. The van der Waals surface area contributed by atoms with Crippen molar-refractivity contribution in [3.05, 3.63) is 81.6 Å². The van der Waals surface area contributed by atoms with Crippen LogP contribution in [0.4, 0.5) is 5.13 Å². The van der Waals surface area contributed by atoms with Crippen molar-refractivity contribution < 1.29 is 14.3 Å². The van der Waals surface area contributed by atoms with Gasteiger partial charge in [-0.1, -0.05) is 30.3 Å². The molecule has 0 spiro atoms. The molecule has 8 heteroatoms. The maximum atomic E-state index is 12.4. The van der Waals surface area contributed by atoms with E-state index in [9.17, 15) is 4.79 Å². The highest BCUT2D eigenvalue weighted by atomic mass is 32.1. The van der Waals surface area contributed by atoms with Crippen molar-refractivity contribution in [2.45, 2.75) is 13.5 Å². The van der Waals surface area contributed by atoms with Gasteiger partial charge in [0.15, 0.2) is 5.13 Å². The Morgan fingerprint density at radius 3 is 2.59 bits per heavy atom. The molecule has 2 heterocycles. The Morgan fingerprint density at radius 2 is 1.81 bits per heavy atom. The van der Waals surface area contributed by atoms with Crippen LogP contribution in [0.2, 0.25) is 0 Å². The maximum absolute atomic E-state index is 12.4. The van der Waals surface area contributed by atoms with Crippen molar-refractivity contribution >= 4 is 39.8 Å². The van der Waals surface area contributed by atoms with Crippen LogP contribution in [0.15, 0.2) is 65.4 Å². The molecule has 0 radical (unpaired) electrons. The van der Waals surface area contributed by atoms with Gasteiger partial charge in [-0.25, -0.2) is 9.97 Å². The first-order valence-electron chi connectivity index (χ1n) is 9.83. The van der Waals surface area contributed by atoms with E-state index in [4.69, 9.17) is 9.47 Å². The standard InChI is InChI=1S/C24H21N3O3S2/c1-16-25-18(14-31-16)13-30-21-9-5-3-7-17(21)11-12-23(28)27-24-26-20(15-32-24)19-8-4-6-10-22(19)29-2/h3-12,14-15H,13H2,1-2H3,(H,26,27,28)/b12-11+. The monoisotopic (exact) mass is 463 g/mol. The molecular weight excluding hydrogens is 442 g/mol. The molecule has 0 aliphatic heterocycles. The third-order valence-electron chi connectivity index (χ3n) is 4.49. The summed E-state index contributed by atoms with van der Waals surface area (Å²) in [6.45, 7) is 2.34. The molecule has 0 atom stereocenters. The lowest BCUT2D eigenvalue weighted by molar-refractivity contribution is -0.111. The molecule has 1 amide bonds. The number of nitrogens with one attached hydrogen (secondary N) is 1. The van der Waals surface area contributed by atoms with E-state index in [1.165, 1.54) is 17.4 Å². The highest BCUT2D eigenvalue weighted by Crippen LogP contribution is 2.32. The third kappa shape index (κ3) is 5.40. The van der Waals surface area contributed by atoms with Crippen molar-refractivity contribution in [3.63, 3.8) is 0 Å². The van der Waals surface area contributed by atoms with Crippen LogP contribution in [0.25, 0.3) is 17.3 Å². The molecule has 1 N–H and O–H groups in total. The Bertz CT molecular complexity index is 1250. The lowest BCUT2D eigenvalue weighted by atomic mass is 10.1. The normalized spacial score (nSPS) is 10.9. The molecule has 2 aromatic carbocycles. The van der Waals surface area contributed by atoms with E-state index in [1.54, 1.807) is 24.5 Å². The minimum absolute atomic E-state index is 0.268. The minimum Gasteiger partial charge on any atom is -0.496 e. The molecule has 6 nitrogen and oxygen atoms in total. The van der Waals surface area contributed by atoms with E-state index in [2.05, 4.69) is 15.3 Å². The molecular formula is C24H21N3O3S2. The number of aryl methyl sites for hydroxylation is 1. The second-order valence-corrected chi connectivity index (χ2v) is 8.67. The molecule has 0 unspecified atom stereocenters. The van der Waals surface area contributed by atoms with Crippen molar-refractivity contribution in [1.82, 2.24) is 9.97 Å². The molecule has 0 saturated heterocycles. The number of ether oxygens (including phenoxy) is 2. The van der Waals surface area contributed by atoms with Crippen LogP contribution in [0.5, 0.6) is 11.5 Å². The van der Waals surface area contributed by atoms with Gasteiger partial charge in [-0.2, -0.15) is 0 Å². The number of benzene rings is 2. The van der Waals surface area contributed by atoms with Gasteiger partial charge in [0.1, 0.15) is 18.1 Å². The first kappa shape index (κ1) is 21.7. The Balaban J connectivity index is 1.40. The summed E-state index contributed by atoms with van der Waals surface area (Å²) in [5.74, 6) is 1.16. The molecule has 4 aromatic rings. The van der Waals surface area contributed by atoms with Gasteiger partial charge in [-0.05, 0) is 31.2 Å². The predicted octanol–water partition coefficient (Wildman–Crippen LogP) is 5.81. The van der Waals surface area contributed by atoms with Crippen LogP contribution < -0.4 is 14.8 Å². The zero-order chi connectivity index (χ0) is 22.3. The minimum atomic E-state index is -0.268. The lowest BCUT2D eigenvalue weighted by Crippen LogP contribution is -2.07. The molecule has 0 aliphatic rings. The highest BCUT2D eigenvalue weighted by molar-refractivity contribution is 7.14. The van der Waals surface area contributed by atoms with Gasteiger partial charge in [0.05, 0.1) is 23.5 Å². The summed E-state index contributed by atoms with van der Waals surface area (Å²) in [6.07, 6.45) is 3.20. The maximum Gasteiger partial charge on any atom is 0.250 e. The Labute approximate surface area is 194 Å². The van der Waals surface area contributed by atoms with Crippen LogP contribution in [-0.4, -0.2) is 23.0 Å². The van der Waals surface area contributed by atoms with Crippen molar-refractivity contribution in [1.29, 1.82) is 0 Å². The van der Waals surface area contributed by atoms with Crippen LogP contribution in [0.1, 0.15) is 16.3 Å². The van der Waals surface area contributed by atoms with Gasteiger partial charge in [-0.3, -0.25) is 10.1 Å². The quantitative estimate of drug-likeness (QED) is 0.334. The van der Waals surface area contributed by atoms with Gasteiger partial charge >= 0.3 is 0 Å². The second kappa shape index (κ2) is 10.2. The van der Waals surface area contributed by atoms with Gasteiger partial charge in [-0.15, -0.1) is 22.7 Å². The first-order chi connectivity index (χ1) is 15.6. The van der Waals surface area contributed by atoms with Gasteiger partial charge in [0.25, 0.3) is 0 Å². The predicted molar refractivity (Wildman–Crippen MR) is 129 cm³/mol. The smallest absolute Gasteiger partial charge is 0.250 e. The number of thiazole rings is 2. The van der Waals surface area contributed by atoms with E-state index in [-0.39, 0.29) is 5.91 Å². The molecule has 162 valence electrons. The second-order valence-electron chi connectivity index (χ2n) is 6.75. The number of hydrogen-bond acceptors (Lipinski definition) is 7. The van der Waals surface area contributed by atoms with Crippen molar-refractivity contribution in [2.75, 3.05) is 12.4 Å². The van der Waals surface area contributed by atoms with Crippen molar-refractivity contribution in [2.24, 2.45) is 0 Å². The number of hydrogen-bond donors (Lipinski definition) is 1. The zero-order valence-corrected chi connectivity index (χ0v) is 19.2. The number of amides is 1. The average Bonchev–Trinajstić information content (AvgIpc) is 3.45. The van der Waals surface area contributed by atoms with Gasteiger partial charge in [0.2, 0.25) is 5.91 Å². The van der Waals surface area contributed by atoms with Crippen LogP contribution >= 0.6 is 22.7 Å². The fourth-order valence-electron chi connectivity index (χ4n) is 3.00. The summed E-state index contributed by atoms with van der Waals surface area (Å²) in [6, 6.07) is 15.2. The molecule has 0 bridgehead atoms. The van der Waals surface area contributed by atoms with Crippen LogP contribution in [-0.2, 0) is 11.4 Å². The largest absolute Gasteiger partial charge is 0.496 e. The number of rotatable bonds is 8. The van der Waals surface area contributed by atoms with Crippen LogP contribution in [0, 0.1) is 6.92 Å². The number of carbonyl (C=O) groups is 1. The Hall–Kier alpha value is -3.49. The summed E-state index contributed by atoms with van der Waals surface area (Å²) < 4.78 is 11.3. The van der Waals surface area contributed by atoms with E-state index in [0.717, 1.165) is 33.3 Å². The summed E-state index contributed by atoms with van der Waals surface area (Å²) in [7, 11) is 1.62. The summed E-state index contributed by atoms with van der Waals surface area (Å²) >= 11 is 2.95. The first-order valence-corrected chi connectivity index (χ1v) is 11.6. The number of aromatic nitrogens is 2. The molecule has 2 aromatic heterocycles. The number of para-hydroxylation sites is 2. The number of carbonyl (C=O) groups excluding carboxylic acids is 1. The Kier molecular flexibility index (Phi) is 6.94. The number of methoxy groups -OCH3 is 1. The lowest BCUT2D eigenvalue weighted by Gasteiger charge is -2.07. The summed E-state index contributed by atoms with van der Waals surface area (Å²) in [4.78, 5) is 21.4. The topological polar surface area (TPSA) is 73.3 Å². The van der Waals surface area contributed by atoms with E-state index < -0.39 is 0 Å². The van der Waals surface area contributed by atoms with Gasteiger partial charge in [0, 0.05) is 28.0 Å². The Morgan fingerprint density at radius 1 is 1.03 bits per heavy atom. The number of nitrogens with zero attached hydrogens (tertiary/aromatic N) is 2. The van der Waals surface area contributed by atoms with Crippen LogP contribution in [0.3, 0.4) is 0 Å². The van der Waals surface area contributed by atoms with E-state index >= 15 is 0 Å². The fourth-order valence-corrected chi connectivity index (χ4v) is 4.31. The molecule has 4 rings (SSSR count). The highest BCUT2D eigenvalue weighted by Gasteiger charge is 2.10. The molecule has 0 saturated carbocycles. The SMILES string of the molecule is COc1ccccc1-c1csc(NC(=O)/C=C/c2ccccc2OCc2csc(C)n2)n1. The summed E-state index contributed by atoms with van der Waals surface area (Å²) in [5, 5.41) is 8.20. The van der Waals surface area contributed by atoms with E-state index in [0.29, 0.717) is 17.5 Å². The van der Waals surface area contributed by atoms with Crippen molar-refractivity contribution in [3.8, 4) is 22.8 Å². The molecule has 0 aliphatic carbocycles. The molecule has 32 heavy (non-hydrogen) atoms. The van der Waals surface area contributed by atoms with Gasteiger partial charge < -0.3 is 9.47 Å². The zero-order valence-electron chi connectivity index (χ0n) is 17.6. The number of anilines is 1. The summed E-state index contributed by atoms with van der Waals surface area (Å²) in [5.41, 5.74) is 3.33. The fraction of sp³-hybridized carbons (Fsp3) is 0.125.